The largest absolute Gasteiger partial charge is 0.465 e. The van der Waals surface area contributed by atoms with Crippen LogP contribution in [0.4, 0.5) is 4.79 Å². The number of hydrogen-bond donors (Lipinski definition) is 4. The molecule has 1 saturated carbocycles. The van der Waals surface area contributed by atoms with Crippen molar-refractivity contribution in [2.75, 3.05) is 25.4 Å². The predicted molar refractivity (Wildman–Crippen MR) is 170 cm³/mol. The number of benzene rings is 1. The van der Waals surface area contributed by atoms with E-state index in [0.29, 0.717) is 44.0 Å². The molecule has 0 spiro atoms. The van der Waals surface area contributed by atoms with Crippen molar-refractivity contribution in [2.45, 2.75) is 114 Å². The Morgan fingerprint density at radius 3 is 2.59 bits per heavy atom. The average molecular weight is 653 g/mol. The Kier molecular flexibility index (Phi) is 10.8. The van der Waals surface area contributed by atoms with Crippen LogP contribution >= 0.6 is 11.6 Å². The van der Waals surface area contributed by atoms with Crippen LogP contribution in [0.25, 0.3) is 0 Å². The van der Waals surface area contributed by atoms with Crippen LogP contribution in [0.5, 0.6) is 0 Å². The molecule has 1 aliphatic carbocycles. The number of piperazine rings is 1. The number of rotatable bonds is 9. The van der Waals surface area contributed by atoms with Crippen molar-refractivity contribution in [2.24, 2.45) is 11.8 Å². The number of carboxylic acid groups (broad SMARTS) is 1. The van der Waals surface area contributed by atoms with E-state index in [4.69, 9.17) is 16.3 Å². The van der Waals surface area contributed by atoms with Crippen LogP contribution in [-0.4, -0.2) is 85.0 Å². The molecular formula is C32H49ClN4O6S. The van der Waals surface area contributed by atoms with E-state index >= 15 is 0 Å². The summed E-state index contributed by atoms with van der Waals surface area (Å²) in [5.74, 6) is -0.292. The van der Waals surface area contributed by atoms with Gasteiger partial charge in [-0.1, -0.05) is 36.6 Å². The maximum absolute atomic E-state index is 14.2. The number of halogens is 1. The van der Waals surface area contributed by atoms with E-state index in [0.717, 1.165) is 50.5 Å². The van der Waals surface area contributed by atoms with Crippen molar-refractivity contribution in [1.29, 1.82) is 0 Å². The summed E-state index contributed by atoms with van der Waals surface area (Å²) >= 11 is 6.21. The maximum atomic E-state index is 14.2. The van der Waals surface area contributed by atoms with Gasteiger partial charge in [-0.05, 0) is 94.7 Å². The van der Waals surface area contributed by atoms with Gasteiger partial charge in [0.25, 0.3) is 0 Å². The fourth-order valence-corrected chi connectivity index (χ4v) is 10.1. The van der Waals surface area contributed by atoms with Crippen LogP contribution in [0, 0.1) is 11.8 Å². The third-order valence-electron chi connectivity index (χ3n) is 10.3. The minimum absolute atomic E-state index is 0.0166. The van der Waals surface area contributed by atoms with E-state index in [9.17, 15) is 23.1 Å². The number of carbonyl (C=O) groups excluding carboxylic acids is 1. The molecule has 2 bridgehead atoms. The lowest BCUT2D eigenvalue weighted by molar-refractivity contribution is -0.126. The molecule has 1 aromatic carbocycles. The minimum atomic E-state index is -3.26. The molecule has 0 radical (unpaired) electrons. The third kappa shape index (κ3) is 8.26. The molecule has 3 aliphatic heterocycles. The number of nitrogens with one attached hydrogen (secondary N) is 3. The van der Waals surface area contributed by atoms with Crippen molar-refractivity contribution in [3.05, 3.63) is 34.9 Å². The fraction of sp³-hybridized carbons (Fsp3) is 0.750. The van der Waals surface area contributed by atoms with Crippen molar-refractivity contribution in [3.63, 3.8) is 0 Å². The highest BCUT2D eigenvalue weighted by molar-refractivity contribution is 7.89. The first-order valence-corrected chi connectivity index (χ1v) is 18.3. The van der Waals surface area contributed by atoms with Gasteiger partial charge < -0.3 is 25.8 Å². The van der Waals surface area contributed by atoms with Gasteiger partial charge in [0.2, 0.25) is 15.9 Å². The van der Waals surface area contributed by atoms with Crippen molar-refractivity contribution in [1.82, 2.24) is 20.3 Å². The molecule has 1 aromatic rings. The molecule has 12 heteroatoms. The average Bonchev–Trinajstić information content (AvgIpc) is 3.08. The van der Waals surface area contributed by atoms with Gasteiger partial charge in [0.05, 0.1) is 11.4 Å². The lowest BCUT2D eigenvalue weighted by Crippen LogP contribution is -2.57. The molecule has 3 heterocycles. The van der Waals surface area contributed by atoms with Gasteiger partial charge in [0, 0.05) is 48.8 Å². The predicted octanol–water partition coefficient (Wildman–Crippen LogP) is 4.49. The highest BCUT2D eigenvalue weighted by Crippen LogP contribution is 2.41. The topological polar surface area (TPSA) is 137 Å². The molecule has 0 aromatic heterocycles. The van der Waals surface area contributed by atoms with Crippen LogP contribution in [0.15, 0.2) is 24.3 Å². The van der Waals surface area contributed by atoms with Gasteiger partial charge in [0.15, 0.2) is 0 Å². The Balaban J connectivity index is 1.33. The summed E-state index contributed by atoms with van der Waals surface area (Å²) in [6.07, 6.45) is 7.09. The number of sulfonamides is 1. The minimum Gasteiger partial charge on any atom is -0.465 e. The van der Waals surface area contributed by atoms with Gasteiger partial charge in [-0.15, -0.1) is 0 Å². The number of carbonyl (C=O) groups is 2. The summed E-state index contributed by atoms with van der Waals surface area (Å²) in [6.45, 7) is 5.79. The first-order chi connectivity index (χ1) is 20.9. The fourth-order valence-electron chi connectivity index (χ4n) is 8.13. The molecule has 5 rings (SSSR count). The highest BCUT2D eigenvalue weighted by atomic mass is 35.5. The number of fused-ring (bicyclic) bond motifs is 2. The molecule has 4 aliphatic rings. The smallest absolute Gasteiger partial charge is 0.405 e. The zero-order valence-corrected chi connectivity index (χ0v) is 27.5. The summed E-state index contributed by atoms with van der Waals surface area (Å²) in [6, 6.07) is 6.40. The van der Waals surface area contributed by atoms with Gasteiger partial charge in [-0.25, -0.2) is 13.2 Å². The Morgan fingerprint density at radius 2 is 1.86 bits per heavy atom. The van der Waals surface area contributed by atoms with Gasteiger partial charge in [0.1, 0.15) is 6.04 Å². The van der Waals surface area contributed by atoms with Crippen LogP contribution in [0.3, 0.4) is 0 Å². The van der Waals surface area contributed by atoms with E-state index in [1.54, 1.807) is 16.4 Å². The summed E-state index contributed by atoms with van der Waals surface area (Å²) < 4.78 is 33.7. The summed E-state index contributed by atoms with van der Waals surface area (Å²) in [5, 5.41) is 19.9. The lowest BCUT2D eigenvalue weighted by Gasteiger charge is -2.42. The molecule has 3 saturated heterocycles. The van der Waals surface area contributed by atoms with Crippen LogP contribution in [-0.2, 0) is 19.6 Å². The Morgan fingerprint density at radius 1 is 1.11 bits per heavy atom. The molecule has 246 valence electrons. The molecule has 10 nitrogen and oxygen atoms in total. The highest BCUT2D eigenvalue weighted by Gasteiger charge is 2.43. The maximum Gasteiger partial charge on any atom is 0.405 e. The normalized spacial score (nSPS) is 32.9. The van der Waals surface area contributed by atoms with E-state index < -0.39 is 28.1 Å². The van der Waals surface area contributed by atoms with Crippen molar-refractivity contribution < 1.29 is 27.9 Å². The van der Waals surface area contributed by atoms with Crippen LogP contribution in [0.1, 0.15) is 89.5 Å². The molecule has 1 unspecified atom stereocenters. The van der Waals surface area contributed by atoms with E-state index in [2.05, 4.69) is 16.0 Å². The SMILES string of the molecule is CC1(C)C[C@H]([C@H](c2ccc(Cl)cc2)[C@H](NC(=O)O)C(=O)N[C@H]2CCCC[C@@H]2CC[C@H]2CN[C@@H]3CCCS(=O)(=O)N2C3)CCO1. The van der Waals surface area contributed by atoms with Crippen LogP contribution < -0.4 is 16.0 Å². The van der Waals surface area contributed by atoms with E-state index in [1.165, 1.54) is 0 Å². The number of hydrogen-bond acceptors (Lipinski definition) is 6. The van der Waals surface area contributed by atoms with Gasteiger partial charge in [-0.2, -0.15) is 4.31 Å². The standard InChI is InChI=1S/C32H49ClN4O6S/c1-32(2)18-23(15-16-43-32)28(22-9-12-24(33)13-10-22)29(36-31(39)40)30(38)35-27-8-4-3-6-21(27)11-14-26-19-34-25-7-5-17-44(41,42)37(26)20-25/h9-10,12-13,21,23,25-29,34,36H,3-8,11,14-20H2,1-2H3,(H,35,38)(H,39,40)/t21-,23-,25-,26+,27+,28+,29+/m1/s1. The Bertz CT molecular complexity index is 1260. The second-order valence-electron chi connectivity index (χ2n) is 13.9. The molecule has 2 amide bonds. The molecule has 4 N–H and O–H groups in total. The first kappa shape index (κ1) is 33.4. The summed E-state index contributed by atoms with van der Waals surface area (Å²) in [4.78, 5) is 26.3. The van der Waals surface area contributed by atoms with E-state index in [-0.39, 0.29) is 47.2 Å². The Hall–Kier alpha value is -1.92. The zero-order valence-electron chi connectivity index (χ0n) is 26.0. The van der Waals surface area contributed by atoms with Crippen LogP contribution in [0.2, 0.25) is 5.02 Å². The third-order valence-corrected chi connectivity index (χ3v) is 12.5. The van der Waals surface area contributed by atoms with E-state index in [1.807, 2.05) is 26.0 Å². The van der Waals surface area contributed by atoms with Gasteiger partial charge >= 0.3 is 6.09 Å². The second kappa shape index (κ2) is 14.2. The monoisotopic (exact) mass is 652 g/mol. The number of nitrogens with zero attached hydrogens (tertiary/aromatic N) is 1. The summed E-state index contributed by atoms with van der Waals surface area (Å²) in [5.41, 5.74) is 0.481. The molecule has 8 atom stereocenters. The zero-order chi connectivity index (χ0) is 31.5. The number of ether oxygens (including phenoxy) is 1. The molecule has 4 fully saturated rings. The number of amides is 2. The summed E-state index contributed by atoms with van der Waals surface area (Å²) in [7, 11) is -3.26. The lowest BCUT2D eigenvalue weighted by atomic mass is 9.72. The quantitative estimate of drug-likeness (QED) is 0.309. The molecule has 44 heavy (non-hydrogen) atoms. The molecular weight excluding hydrogens is 604 g/mol. The van der Waals surface area contributed by atoms with Crippen molar-refractivity contribution in [3.8, 4) is 0 Å². The second-order valence-corrected chi connectivity index (χ2v) is 16.4. The first-order valence-electron chi connectivity index (χ1n) is 16.3. The Labute approximate surface area is 267 Å². The van der Waals surface area contributed by atoms with Gasteiger partial charge in [-0.3, -0.25) is 4.79 Å². The van der Waals surface area contributed by atoms with Crippen molar-refractivity contribution >= 4 is 33.6 Å².